The fourth-order valence-corrected chi connectivity index (χ4v) is 4.25. The summed E-state index contributed by atoms with van der Waals surface area (Å²) in [6.45, 7) is 4.27. The summed E-state index contributed by atoms with van der Waals surface area (Å²) in [5.41, 5.74) is 1.24. The van der Waals surface area contributed by atoms with Crippen molar-refractivity contribution in [3.63, 3.8) is 0 Å². The molecule has 3 rings (SSSR count). The molecule has 0 bridgehead atoms. The van der Waals surface area contributed by atoms with E-state index in [2.05, 4.69) is 26.3 Å². The van der Waals surface area contributed by atoms with Crippen molar-refractivity contribution >= 4 is 17.7 Å². The van der Waals surface area contributed by atoms with E-state index in [0.29, 0.717) is 25.5 Å². The van der Waals surface area contributed by atoms with Gasteiger partial charge in [-0.1, -0.05) is 12.5 Å². The molecule has 7 heteroatoms. The van der Waals surface area contributed by atoms with Crippen molar-refractivity contribution in [2.45, 2.75) is 43.5 Å². The van der Waals surface area contributed by atoms with Gasteiger partial charge in [0.25, 0.3) is 0 Å². The first-order valence-electron chi connectivity index (χ1n) is 11.0. The van der Waals surface area contributed by atoms with Gasteiger partial charge in [0, 0.05) is 49.1 Å². The molecule has 1 fully saturated rings. The minimum Gasteiger partial charge on any atom is -0.473 e. The van der Waals surface area contributed by atoms with Crippen molar-refractivity contribution in [1.29, 1.82) is 0 Å². The molecule has 0 saturated carbocycles. The highest BCUT2D eigenvalue weighted by Gasteiger charge is 2.10. The zero-order valence-corrected chi connectivity index (χ0v) is 18.9. The third kappa shape index (κ3) is 9.53. The van der Waals surface area contributed by atoms with Gasteiger partial charge in [0.15, 0.2) is 0 Å². The average Bonchev–Trinajstić information content (AvgIpc) is 2.81. The molecule has 0 radical (unpaired) electrons. The van der Waals surface area contributed by atoms with Crippen LogP contribution in [-0.4, -0.2) is 52.8 Å². The van der Waals surface area contributed by atoms with E-state index in [4.69, 9.17) is 4.74 Å². The van der Waals surface area contributed by atoms with E-state index >= 15 is 0 Å². The zero-order chi connectivity index (χ0) is 21.6. The third-order valence-corrected chi connectivity index (χ3v) is 6.13. The number of amides is 1. The summed E-state index contributed by atoms with van der Waals surface area (Å²) in [7, 11) is 0. The summed E-state index contributed by atoms with van der Waals surface area (Å²) >= 11 is 1.75. The molecule has 1 N–H and O–H groups in total. The van der Waals surface area contributed by atoms with Crippen LogP contribution >= 0.6 is 11.8 Å². The molecule has 2 aromatic heterocycles. The van der Waals surface area contributed by atoms with Crippen LogP contribution in [0.1, 0.15) is 37.7 Å². The molecule has 166 valence electrons. The van der Waals surface area contributed by atoms with Gasteiger partial charge in [0.1, 0.15) is 6.61 Å². The summed E-state index contributed by atoms with van der Waals surface area (Å²) in [4.78, 5) is 23.9. The van der Waals surface area contributed by atoms with Crippen LogP contribution in [0.4, 0.5) is 0 Å². The van der Waals surface area contributed by atoms with Crippen LogP contribution in [0.25, 0.3) is 0 Å². The Morgan fingerprint density at radius 3 is 2.81 bits per heavy atom. The first-order chi connectivity index (χ1) is 15.3. The Bertz CT molecular complexity index is 810. The van der Waals surface area contributed by atoms with Crippen molar-refractivity contribution in [2.24, 2.45) is 0 Å². The van der Waals surface area contributed by atoms with Crippen LogP contribution < -0.4 is 10.1 Å². The average molecular weight is 441 g/mol. The highest BCUT2D eigenvalue weighted by Crippen LogP contribution is 2.18. The van der Waals surface area contributed by atoms with Gasteiger partial charge in [-0.25, -0.2) is 4.98 Å². The van der Waals surface area contributed by atoms with Gasteiger partial charge in [-0.3, -0.25) is 14.7 Å². The number of carbonyl (C=O) groups is 1. The minimum absolute atomic E-state index is 0.0768. The SMILES string of the molecule is O=C(CCCSc1ccncc1)NCC=CCOc1cc(CN2CCCCC2)ccn1. The van der Waals surface area contributed by atoms with Crippen molar-refractivity contribution in [3.8, 4) is 5.88 Å². The Morgan fingerprint density at radius 2 is 1.97 bits per heavy atom. The lowest BCUT2D eigenvalue weighted by molar-refractivity contribution is -0.120. The van der Waals surface area contributed by atoms with Crippen LogP contribution in [0.2, 0.25) is 0 Å². The van der Waals surface area contributed by atoms with Gasteiger partial charge in [-0.05, 0) is 67.9 Å². The molecule has 31 heavy (non-hydrogen) atoms. The first kappa shape index (κ1) is 23.3. The van der Waals surface area contributed by atoms with Crippen molar-refractivity contribution in [2.75, 3.05) is 32.0 Å². The summed E-state index contributed by atoms with van der Waals surface area (Å²) in [5.74, 6) is 1.65. The van der Waals surface area contributed by atoms with Crippen LogP contribution in [0.3, 0.4) is 0 Å². The van der Waals surface area contributed by atoms with E-state index in [-0.39, 0.29) is 5.91 Å². The number of hydrogen-bond acceptors (Lipinski definition) is 6. The van der Waals surface area contributed by atoms with Crippen molar-refractivity contribution in [3.05, 3.63) is 60.6 Å². The van der Waals surface area contributed by atoms with E-state index < -0.39 is 0 Å². The molecule has 1 aliphatic rings. The maximum absolute atomic E-state index is 11.9. The van der Waals surface area contributed by atoms with Crippen molar-refractivity contribution in [1.82, 2.24) is 20.2 Å². The zero-order valence-electron chi connectivity index (χ0n) is 18.0. The highest BCUT2D eigenvalue weighted by molar-refractivity contribution is 7.99. The van der Waals surface area contributed by atoms with Gasteiger partial charge in [0.05, 0.1) is 0 Å². The number of hydrogen-bond donors (Lipinski definition) is 1. The summed E-state index contributed by atoms with van der Waals surface area (Å²) in [6, 6.07) is 8.05. The van der Waals surface area contributed by atoms with E-state index in [1.807, 2.05) is 36.5 Å². The van der Waals surface area contributed by atoms with Gasteiger partial charge < -0.3 is 10.1 Å². The van der Waals surface area contributed by atoms with Crippen LogP contribution in [0.15, 0.2) is 59.9 Å². The molecule has 6 nitrogen and oxygen atoms in total. The molecule has 2 aromatic rings. The lowest BCUT2D eigenvalue weighted by Gasteiger charge is -2.26. The van der Waals surface area contributed by atoms with Crippen molar-refractivity contribution < 1.29 is 9.53 Å². The number of rotatable bonds is 12. The largest absolute Gasteiger partial charge is 0.473 e. The first-order valence-corrected chi connectivity index (χ1v) is 12.0. The molecule has 1 aliphatic heterocycles. The van der Waals surface area contributed by atoms with Gasteiger partial charge in [-0.2, -0.15) is 0 Å². The monoisotopic (exact) mass is 440 g/mol. The fourth-order valence-electron chi connectivity index (χ4n) is 3.41. The number of piperidine rings is 1. The lowest BCUT2D eigenvalue weighted by Crippen LogP contribution is -2.29. The summed E-state index contributed by atoms with van der Waals surface area (Å²) < 4.78 is 5.73. The van der Waals surface area contributed by atoms with Gasteiger partial charge >= 0.3 is 0 Å². The van der Waals surface area contributed by atoms with E-state index in [0.717, 1.165) is 18.7 Å². The van der Waals surface area contributed by atoms with Gasteiger partial charge in [0.2, 0.25) is 11.8 Å². The number of nitrogens with zero attached hydrogens (tertiary/aromatic N) is 3. The Labute approximate surface area is 189 Å². The standard InChI is InChI=1S/C24H32N4O2S/c29-23(7-6-18-31-22-9-12-25-13-10-22)26-11-2-5-17-30-24-19-21(8-14-27-24)20-28-15-3-1-4-16-28/h2,5,8-10,12-14,19H,1,3-4,6-7,11,15-18,20H2,(H,26,29). The Morgan fingerprint density at radius 1 is 1.13 bits per heavy atom. The number of carbonyl (C=O) groups excluding carboxylic acids is 1. The summed E-state index contributed by atoms with van der Waals surface area (Å²) in [5, 5.41) is 2.91. The molecule has 0 atom stereocenters. The molecular weight excluding hydrogens is 408 g/mol. The van der Waals surface area contributed by atoms with E-state index in [1.54, 1.807) is 24.2 Å². The normalized spacial score (nSPS) is 14.6. The van der Waals surface area contributed by atoms with E-state index in [1.165, 1.54) is 42.8 Å². The second-order valence-electron chi connectivity index (χ2n) is 7.56. The highest BCUT2D eigenvalue weighted by atomic mass is 32.2. The molecule has 1 amide bonds. The molecule has 0 aliphatic carbocycles. The number of pyridine rings is 2. The predicted octanol–water partition coefficient (Wildman–Crippen LogP) is 4.09. The molecule has 0 unspecified atom stereocenters. The van der Waals surface area contributed by atoms with Crippen LogP contribution in [0.5, 0.6) is 5.88 Å². The number of thioether (sulfide) groups is 1. The quantitative estimate of drug-likeness (QED) is 0.305. The molecular formula is C24H32N4O2S. The Hall–Kier alpha value is -2.38. The maximum atomic E-state index is 11.9. The Kier molecular flexibility index (Phi) is 10.4. The van der Waals surface area contributed by atoms with E-state index in [9.17, 15) is 4.79 Å². The third-order valence-electron chi connectivity index (χ3n) is 5.03. The topological polar surface area (TPSA) is 67.3 Å². The smallest absolute Gasteiger partial charge is 0.220 e. The van der Waals surface area contributed by atoms with Crippen LogP contribution in [-0.2, 0) is 11.3 Å². The second-order valence-corrected chi connectivity index (χ2v) is 8.73. The number of nitrogens with one attached hydrogen (secondary N) is 1. The number of ether oxygens (including phenoxy) is 1. The molecule has 3 heterocycles. The number of likely N-dealkylation sites (tertiary alicyclic amines) is 1. The Balaban J connectivity index is 1.24. The predicted molar refractivity (Wildman–Crippen MR) is 125 cm³/mol. The number of aromatic nitrogens is 2. The lowest BCUT2D eigenvalue weighted by atomic mass is 10.1. The summed E-state index contributed by atoms with van der Waals surface area (Å²) in [6.07, 6.45) is 14.5. The molecule has 0 aromatic carbocycles. The van der Waals surface area contributed by atoms with Gasteiger partial charge in [-0.15, -0.1) is 11.8 Å². The van der Waals surface area contributed by atoms with Crippen LogP contribution in [0, 0.1) is 0 Å². The fraction of sp³-hybridized carbons (Fsp3) is 0.458. The molecule has 0 spiro atoms. The second kappa shape index (κ2) is 13.8. The minimum atomic E-state index is 0.0768. The maximum Gasteiger partial charge on any atom is 0.220 e. The molecule has 1 saturated heterocycles.